The SMILES string of the molecule is COC(=O)CNC(=O)Cc1ccc(NC(=O)C(c2ccccc2)n2cccn2)cc1. The molecule has 8 nitrogen and oxygen atoms in total. The van der Waals surface area contributed by atoms with Crippen molar-refractivity contribution >= 4 is 23.5 Å². The first kappa shape index (κ1) is 20.8. The third kappa shape index (κ3) is 5.54. The highest BCUT2D eigenvalue weighted by atomic mass is 16.5. The third-order valence-corrected chi connectivity index (χ3v) is 4.40. The van der Waals surface area contributed by atoms with Crippen LogP contribution < -0.4 is 10.6 Å². The molecule has 0 saturated heterocycles. The highest BCUT2D eigenvalue weighted by Crippen LogP contribution is 2.20. The summed E-state index contributed by atoms with van der Waals surface area (Å²) in [5.41, 5.74) is 2.17. The Morgan fingerprint density at radius 3 is 2.40 bits per heavy atom. The maximum Gasteiger partial charge on any atom is 0.325 e. The van der Waals surface area contributed by atoms with Crippen molar-refractivity contribution in [2.24, 2.45) is 0 Å². The number of ether oxygens (including phenoxy) is 1. The third-order valence-electron chi connectivity index (χ3n) is 4.40. The van der Waals surface area contributed by atoms with Crippen LogP contribution in [0.5, 0.6) is 0 Å². The zero-order chi connectivity index (χ0) is 21.3. The Balaban J connectivity index is 1.64. The molecule has 1 atom stereocenters. The molecule has 0 aliphatic heterocycles. The van der Waals surface area contributed by atoms with Gasteiger partial charge in [-0.3, -0.25) is 19.1 Å². The lowest BCUT2D eigenvalue weighted by atomic mass is 10.1. The van der Waals surface area contributed by atoms with Gasteiger partial charge in [0, 0.05) is 18.1 Å². The van der Waals surface area contributed by atoms with Gasteiger partial charge in [0.25, 0.3) is 5.91 Å². The van der Waals surface area contributed by atoms with Crippen LogP contribution in [0.3, 0.4) is 0 Å². The molecule has 0 bridgehead atoms. The summed E-state index contributed by atoms with van der Waals surface area (Å²) in [6, 6.07) is 17.5. The van der Waals surface area contributed by atoms with Gasteiger partial charge in [0.2, 0.25) is 5.91 Å². The van der Waals surface area contributed by atoms with Crippen LogP contribution in [0.4, 0.5) is 5.69 Å². The number of esters is 1. The summed E-state index contributed by atoms with van der Waals surface area (Å²) in [7, 11) is 1.26. The van der Waals surface area contributed by atoms with E-state index in [-0.39, 0.29) is 24.8 Å². The number of rotatable bonds is 8. The van der Waals surface area contributed by atoms with Gasteiger partial charge in [0.15, 0.2) is 6.04 Å². The summed E-state index contributed by atoms with van der Waals surface area (Å²) in [6.45, 7) is -0.169. The highest BCUT2D eigenvalue weighted by Gasteiger charge is 2.23. The number of anilines is 1. The summed E-state index contributed by atoms with van der Waals surface area (Å²) in [4.78, 5) is 35.9. The molecule has 154 valence electrons. The summed E-state index contributed by atoms with van der Waals surface area (Å²) in [6.07, 6.45) is 3.49. The number of benzene rings is 2. The number of hydrogen-bond donors (Lipinski definition) is 2. The Morgan fingerprint density at radius 1 is 1.03 bits per heavy atom. The van der Waals surface area contributed by atoms with Gasteiger partial charge in [-0.2, -0.15) is 5.10 Å². The Labute approximate surface area is 173 Å². The van der Waals surface area contributed by atoms with E-state index < -0.39 is 12.0 Å². The fourth-order valence-corrected chi connectivity index (χ4v) is 2.90. The fraction of sp³-hybridized carbons (Fsp3) is 0.182. The quantitative estimate of drug-likeness (QED) is 0.557. The molecule has 3 aromatic rings. The van der Waals surface area contributed by atoms with E-state index in [1.807, 2.05) is 30.3 Å². The van der Waals surface area contributed by atoms with E-state index in [0.717, 1.165) is 11.1 Å². The molecule has 0 aliphatic carbocycles. The van der Waals surface area contributed by atoms with Crippen molar-refractivity contribution in [1.82, 2.24) is 15.1 Å². The molecule has 0 spiro atoms. The second-order valence-electron chi connectivity index (χ2n) is 6.52. The standard InChI is InChI=1S/C22H22N4O4/c1-30-20(28)15-23-19(27)14-16-8-10-18(11-9-16)25-22(29)21(26-13-5-12-24-26)17-6-3-2-4-7-17/h2-13,21H,14-15H2,1H3,(H,23,27)(H,25,29). The maximum absolute atomic E-state index is 13.0. The average Bonchev–Trinajstić information content (AvgIpc) is 3.28. The van der Waals surface area contributed by atoms with Crippen LogP contribution in [0.1, 0.15) is 17.2 Å². The molecule has 2 N–H and O–H groups in total. The minimum Gasteiger partial charge on any atom is -0.468 e. The van der Waals surface area contributed by atoms with Crippen LogP contribution in [0.2, 0.25) is 0 Å². The van der Waals surface area contributed by atoms with Crippen LogP contribution in [0, 0.1) is 0 Å². The highest BCUT2D eigenvalue weighted by molar-refractivity contribution is 5.95. The first-order valence-corrected chi connectivity index (χ1v) is 9.34. The van der Waals surface area contributed by atoms with Gasteiger partial charge in [0.1, 0.15) is 6.54 Å². The molecular formula is C22H22N4O4. The largest absolute Gasteiger partial charge is 0.468 e. The van der Waals surface area contributed by atoms with E-state index in [9.17, 15) is 14.4 Å². The van der Waals surface area contributed by atoms with E-state index in [4.69, 9.17) is 0 Å². The van der Waals surface area contributed by atoms with Crippen molar-refractivity contribution in [3.05, 3.63) is 84.2 Å². The lowest BCUT2D eigenvalue weighted by molar-refractivity contribution is -0.141. The smallest absolute Gasteiger partial charge is 0.325 e. The summed E-state index contributed by atoms with van der Waals surface area (Å²) < 4.78 is 6.08. The van der Waals surface area contributed by atoms with Gasteiger partial charge in [-0.15, -0.1) is 0 Å². The van der Waals surface area contributed by atoms with Crippen molar-refractivity contribution in [2.45, 2.75) is 12.5 Å². The van der Waals surface area contributed by atoms with Gasteiger partial charge >= 0.3 is 5.97 Å². The molecule has 0 aliphatic rings. The number of hydrogen-bond acceptors (Lipinski definition) is 5. The Hall–Kier alpha value is -3.94. The van der Waals surface area contributed by atoms with Gasteiger partial charge in [-0.05, 0) is 29.3 Å². The first-order valence-electron chi connectivity index (χ1n) is 9.34. The predicted octanol–water partition coefficient (Wildman–Crippen LogP) is 1.94. The molecule has 1 heterocycles. The second-order valence-corrected chi connectivity index (χ2v) is 6.52. The normalized spacial score (nSPS) is 11.4. The number of methoxy groups -OCH3 is 1. The lowest BCUT2D eigenvalue weighted by Gasteiger charge is -2.18. The van der Waals surface area contributed by atoms with E-state index in [1.54, 1.807) is 47.4 Å². The molecule has 2 amide bonds. The van der Waals surface area contributed by atoms with Crippen LogP contribution in [0.25, 0.3) is 0 Å². The van der Waals surface area contributed by atoms with Crippen LogP contribution in [0.15, 0.2) is 73.1 Å². The number of nitrogens with one attached hydrogen (secondary N) is 2. The van der Waals surface area contributed by atoms with Crippen molar-refractivity contribution < 1.29 is 19.1 Å². The number of aromatic nitrogens is 2. The maximum atomic E-state index is 13.0. The predicted molar refractivity (Wildman–Crippen MR) is 111 cm³/mol. The van der Waals surface area contributed by atoms with Gasteiger partial charge in [-0.1, -0.05) is 42.5 Å². The van der Waals surface area contributed by atoms with Crippen molar-refractivity contribution in [2.75, 3.05) is 19.0 Å². The number of amides is 2. The minimum atomic E-state index is -0.607. The molecule has 3 rings (SSSR count). The van der Waals surface area contributed by atoms with Crippen LogP contribution >= 0.6 is 0 Å². The number of carbonyl (C=O) groups is 3. The topological polar surface area (TPSA) is 102 Å². The number of nitrogens with zero attached hydrogens (tertiary/aromatic N) is 2. The molecule has 0 fully saturated rings. The zero-order valence-electron chi connectivity index (χ0n) is 16.4. The van der Waals surface area contributed by atoms with E-state index in [1.165, 1.54) is 7.11 Å². The molecule has 30 heavy (non-hydrogen) atoms. The molecule has 1 unspecified atom stereocenters. The van der Waals surface area contributed by atoms with Gasteiger partial charge in [0.05, 0.1) is 13.5 Å². The molecule has 1 aromatic heterocycles. The lowest BCUT2D eigenvalue weighted by Crippen LogP contribution is -2.31. The summed E-state index contributed by atoms with van der Waals surface area (Å²) >= 11 is 0. The van der Waals surface area contributed by atoms with Gasteiger partial charge < -0.3 is 15.4 Å². The van der Waals surface area contributed by atoms with Crippen molar-refractivity contribution in [3.8, 4) is 0 Å². The summed E-state index contributed by atoms with van der Waals surface area (Å²) in [5.74, 6) is -1.03. The molecule has 8 heteroatoms. The molecular weight excluding hydrogens is 384 g/mol. The van der Waals surface area contributed by atoms with Crippen LogP contribution in [-0.2, 0) is 25.5 Å². The summed E-state index contributed by atoms with van der Waals surface area (Å²) in [5, 5.41) is 9.60. The first-order chi connectivity index (χ1) is 14.6. The molecule has 2 aromatic carbocycles. The van der Waals surface area contributed by atoms with Crippen LogP contribution in [-0.4, -0.2) is 41.2 Å². The minimum absolute atomic E-state index is 0.116. The second kappa shape index (κ2) is 10.0. The average molecular weight is 406 g/mol. The Kier molecular flexibility index (Phi) is 6.94. The molecule has 0 radical (unpaired) electrons. The Morgan fingerprint density at radius 2 is 1.77 bits per heavy atom. The zero-order valence-corrected chi connectivity index (χ0v) is 16.4. The number of carbonyl (C=O) groups excluding carboxylic acids is 3. The fourth-order valence-electron chi connectivity index (χ4n) is 2.90. The molecule has 0 saturated carbocycles. The van der Waals surface area contributed by atoms with E-state index >= 15 is 0 Å². The van der Waals surface area contributed by atoms with E-state index in [0.29, 0.717) is 5.69 Å². The van der Waals surface area contributed by atoms with Crippen molar-refractivity contribution in [3.63, 3.8) is 0 Å². The Bertz CT molecular complexity index is 986. The van der Waals surface area contributed by atoms with Crippen molar-refractivity contribution in [1.29, 1.82) is 0 Å². The monoisotopic (exact) mass is 406 g/mol. The van der Waals surface area contributed by atoms with Gasteiger partial charge in [-0.25, -0.2) is 0 Å². The van der Waals surface area contributed by atoms with E-state index in [2.05, 4.69) is 20.5 Å².